The number of aryl methyl sites for hydroxylation is 1. The predicted molar refractivity (Wildman–Crippen MR) is 87.4 cm³/mol. The van der Waals surface area contributed by atoms with Gasteiger partial charge in [0.2, 0.25) is 0 Å². The molecule has 24 heavy (non-hydrogen) atoms. The van der Waals surface area contributed by atoms with Crippen molar-refractivity contribution >= 4 is 12.4 Å². The van der Waals surface area contributed by atoms with Gasteiger partial charge >= 0.3 is 0 Å². The largest absolute Gasteiger partial charge is 0.483 e. The highest BCUT2D eigenvalue weighted by molar-refractivity contribution is 5.94. The first-order valence-electron chi connectivity index (χ1n) is 7.49. The van der Waals surface area contributed by atoms with Gasteiger partial charge in [0.25, 0.3) is 12.4 Å². The van der Waals surface area contributed by atoms with Crippen LogP contribution < -0.4 is 5.32 Å². The molecular formula is C18H17N3O3. The molecule has 0 spiro atoms. The molecule has 0 bridgehead atoms. The van der Waals surface area contributed by atoms with Crippen LogP contribution in [0.15, 0.2) is 42.6 Å². The molecule has 6 heteroatoms. The van der Waals surface area contributed by atoms with Gasteiger partial charge in [0.1, 0.15) is 11.8 Å². The van der Waals surface area contributed by atoms with Crippen molar-refractivity contribution in [3.8, 4) is 6.07 Å². The molecule has 122 valence electrons. The van der Waals surface area contributed by atoms with E-state index in [1.807, 2.05) is 12.1 Å². The Labute approximate surface area is 139 Å². The molecule has 2 N–H and O–H groups in total. The number of benzene rings is 1. The third-order valence-corrected chi connectivity index (χ3v) is 3.82. The van der Waals surface area contributed by atoms with Gasteiger partial charge in [-0.25, -0.2) is 4.98 Å². The van der Waals surface area contributed by atoms with Crippen molar-refractivity contribution in [3.63, 3.8) is 0 Å². The quantitative estimate of drug-likeness (QED) is 0.822. The molecule has 0 saturated carbocycles. The van der Waals surface area contributed by atoms with Gasteiger partial charge in [0, 0.05) is 12.2 Å². The minimum absolute atomic E-state index is 0.128. The molecule has 0 saturated heterocycles. The summed E-state index contributed by atoms with van der Waals surface area (Å²) in [5.41, 5.74) is 3.50. The molecular weight excluding hydrogens is 306 g/mol. The predicted octanol–water partition coefficient (Wildman–Crippen LogP) is 1.94. The van der Waals surface area contributed by atoms with Gasteiger partial charge < -0.3 is 10.4 Å². The zero-order valence-electron chi connectivity index (χ0n) is 13.0. The molecule has 1 amide bonds. The number of carboxylic acid groups (broad SMARTS) is 1. The second-order valence-corrected chi connectivity index (χ2v) is 5.33. The first-order valence-corrected chi connectivity index (χ1v) is 7.49. The Bertz CT molecular complexity index is 751. The molecule has 1 aromatic carbocycles. The normalized spacial score (nSPS) is 15.0. The fraction of sp³-hybridized carbons (Fsp3) is 0.222. The van der Waals surface area contributed by atoms with Crippen molar-refractivity contribution in [1.29, 1.82) is 5.26 Å². The monoisotopic (exact) mass is 323 g/mol. The van der Waals surface area contributed by atoms with Gasteiger partial charge in [-0.15, -0.1) is 0 Å². The number of nitrogens with zero attached hydrogens (tertiary/aromatic N) is 2. The Morgan fingerprint density at radius 2 is 2.00 bits per heavy atom. The topological polar surface area (TPSA) is 103 Å². The van der Waals surface area contributed by atoms with Crippen molar-refractivity contribution in [2.45, 2.75) is 25.3 Å². The number of hydrogen-bond acceptors (Lipinski definition) is 4. The highest BCUT2D eigenvalue weighted by Crippen LogP contribution is 2.21. The van der Waals surface area contributed by atoms with Gasteiger partial charge in [-0.3, -0.25) is 9.59 Å². The number of rotatable bonds is 2. The number of carbonyl (C=O) groups excluding carboxylic acids is 1. The average molecular weight is 323 g/mol. The van der Waals surface area contributed by atoms with Crippen LogP contribution in [0.2, 0.25) is 0 Å². The van der Waals surface area contributed by atoms with Crippen molar-refractivity contribution in [3.05, 3.63) is 65.0 Å². The first kappa shape index (κ1) is 17.2. The zero-order chi connectivity index (χ0) is 17.4. The Morgan fingerprint density at radius 3 is 2.62 bits per heavy atom. The average Bonchev–Trinajstić information content (AvgIpc) is 2.62. The molecule has 1 aliphatic carbocycles. The van der Waals surface area contributed by atoms with Gasteiger partial charge in [-0.05, 0) is 42.5 Å². The van der Waals surface area contributed by atoms with Crippen molar-refractivity contribution in [2.75, 3.05) is 0 Å². The van der Waals surface area contributed by atoms with Crippen molar-refractivity contribution in [2.24, 2.45) is 0 Å². The minimum Gasteiger partial charge on any atom is -0.483 e. The van der Waals surface area contributed by atoms with E-state index in [1.54, 1.807) is 12.1 Å². The molecule has 0 aliphatic heterocycles. The van der Waals surface area contributed by atoms with E-state index >= 15 is 0 Å². The van der Waals surface area contributed by atoms with Gasteiger partial charge in [-0.1, -0.05) is 24.3 Å². The maximum Gasteiger partial charge on any atom is 0.290 e. The number of carbonyl (C=O) groups is 2. The number of fused-ring (bicyclic) bond motifs is 1. The fourth-order valence-electron chi connectivity index (χ4n) is 2.68. The van der Waals surface area contributed by atoms with Crippen LogP contribution in [0.4, 0.5) is 0 Å². The number of pyridine rings is 1. The summed E-state index contributed by atoms with van der Waals surface area (Å²) >= 11 is 0. The summed E-state index contributed by atoms with van der Waals surface area (Å²) in [6, 6.07) is 13.7. The van der Waals surface area contributed by atoms with E-state index in [4.69, 9.17) is 15.2 Å². The van der Waals surface area contributed by atoms with Crippen LogP contribution in [0.1, 0.15) is 33.6 Å². The molecule has 1 heterocycles. The van der Waals surface area contributed by atoms with E-state index < -0.39 is 0 Å². The number of nitrogens with one attached hydrogen (secondary N) is 1. The summed E-state index contributed by atoms with van der Waals surface area (Å²) in [5, 5.41) is 18.6. The minimum atomic E-state index is -0.250. The van der Waals surface area contributed by atoms with E-state index in [0.717, 1.165) is 19.3 Å². The van der Waals surface area contributed by atoms with Crippen LogP contribution >= 0.6 is 0 Å². The number of amides is 1. The molecule has 0 unspecified atom stereocenters. The number of hydrogen-bond donors (Lipinski definition) is 2. The zero-order valence-corrected chi connectivity index (χ0v) is 13.0. The third-order valence-electron chi connectivity index (χ3n) is 3.82. The molecule has 6 nitrogen and oxygen atoms in total. The van der Waals surface area contributed by atoms with Crippen LogP contribution in [0, 0.1) is 11.3 Å². The lowest BCUT2D eigenvalue weighted by Gasteiger charge is -2.25. The summed E-state index contributed by atoms with van der Waals surface area (Å²) in [7, 11) is 0. The summed E-state index contributed by atoms with van der Waals surface area (Å²) in [6.45, 7) is -0.250. The SMILES string of the molecule is N#Cc1ccc(C(=O)N[C@H]2CCc3ccccc3C2)cn1.O=CO. The van der Waals surface area contributed by atoms with Crippen LogP contribution in [0.5, 0.6) is 0 Å². The Morgan fingerprint density at radius 1 is 1.29 bits per heavy atom. The van der Waals surface area contributed by atoms with E-state index in [1.165, 1.54) is 17.3 Å². The van der Waals surface area contributed by atoms with E-state index in [-0.39, 0.29) is 18.4 Å². The van der Waals surface area contributed by atoms with E-state index in [2.05, 4.69) is 28.5 Å². The van der Waals surface area contributed by atoms with E-state index in [9.17, 15) is 4.79 Å². The Kier molecular flexibility index (Phi) is 6.03. The molecule has 0 fully saturated rings. The van der Waals surface area contributed by atoms with Gasteiger partial charge in [0.05, 0.1) is 5.56 Å². The summed E-state index contributed by atoms with van der Waals surface area (Å²) in [5.74, 6) is -0.128. The van der Waals surface area contributed by atoms with Gasteiger partial charge in [-0.2, -0.15) is 5.26 Å². The highest BCUT2D eigenvalue weighted by Gasteiger charge is 2.20. The summed E-state index contributed by atoms with van der Waals surface area (Å²) < 4.78 is 0. The molecule has 0 radical (unpaired) electrons. The molecule has 1 aliphatic rings. The fourth-order valence-corrected chi connectivity index (χ4v) is 2.68. The molecule has 1 aromatic heterocycles. The second-order valence-electron chi connectivity index (χ2n) is 5.33. The standard InChI is InChI=1S/C17H15N3O.CH2O2/c18-10-16-8-6-14(11-19-16)17(21)20-15-7-5-12-3-1-2-4-13(12)9-15;2-1-3/h1-4,6,8,11,15H,5,7,9H2,(H,20,21);1H,(H,2,3)/t15-;/m0./s1. The van der Waals surface area contributed by atoms with Gasteiger partial charge in [0.15, 0.2) is 0 Å². The lowest BCUT2D eigenvalue weighted by atomic mass is 9.88. The Hall–Kier alpha value is -3.20. The third kappa shape index (κ3) is 4.40. The van der Waals surface area contributed by atoms with Crippen LogP contribution in [0.3, 0.4) is 0 Å². The summed E-state index contributed by atoms with van der Waals surface area (Å²) in [6.07, 6.45) is 4.26. The maximum absolute atomic E-state index is 12.2. The van der Waals surface area contributed by atoms with Crippen LogP contribution in [-0.4, -0.2) is 28.5 Å². The Balaban J connectivity index is 0.000000647. The van der Waals surface area contributed by atoms with Crippen LogP contribution in [0.25, 0.3) is 0 Å². The van der Waals surface area contributed by atoms with Crippen molar-refractivity contribution in [1.82, 2.24) is 10.3 Å². The number of nitriles is 1. The number of aromatic nitrogens is 1. The second kappa shape index (κ2) is 8.44. The first-order chi connectivity index (χ1) is 11.7. The van der Waals surface area contributed by atoms with Crippen LogP contribution in [-0.2, 0) is 17.6 Å². The lowest BCUT2D eigenvalue weighted by Crippen LogP contribution is -2.38. The molecule has 1 atom stereocenters. The molecule has 2 aromatic rings. The molecule has 3 rings (SSSR count). The smallest absolute Gasteiger partial charge is 0.290 e. The maximum atomic E-state index is 12.2. The highest BCUT2D eigenvalue weighted by atomic mass is 16.3. The lowest BCUT2D eigenvalue weighted by molar-refractivity contribution is -0.122. The van der Waals surface area contributed by atoms with Crippen molar-refractivity contribution < 1.29 is 14.7 Å². The van der Waals surface area contributed by atoms with E-state index in [0.29, 0.717) is 11.3 Å². The summed E-state index contributed by atoms with van der Waals surface area (Å²) in [4.78, 5) is 24.5.